The lowest BCUT2D eigenvalue weighted by atomic mass is 10.4. The molecule has 1 aromatic rings. The number of aromatic nitrogens is 1. The molecule has 4 nitrogen and oxygen atoms in total. The summed E-state index contributed by atoms with van der Waals surface area (Å²) in [5.41, 5.74) is 0.502. The average molecular weight is 279 g/mol. The normalized spacial score (nSPS) is 12.1. The zero-order valence-corrected chi connectivity index (χ0v) is 10.6. The summed E-state index contributed by atoms with van der Waals surface area (Å²) in [4.78, 5) is 4.21. The fourth-order valence-corrected chi connectivity index (χ4v) is 2.53. The van der Waals surface area contributed by atoms with Crippen molar-refractivity contribution >= 4 is 26.0 Å². The van der Waals surface area contributed by atoms with Gasteiger partial charge in [-0.05, 0) is 28.9 Å². The summed E-state index contributed by atoms with van der Waals surface area (Å²) in [6, 6.07) is 1.55. The molecule has 1 rings (SSSR count). The number of nitrogens with zero attached hydrogens (tertiary/aromatic N) is 2. The van der Waals surface area contributed by atoms with Gasteiger partial charge in [-0.1, -0.05) is 0 Å². The highest BCUT2D eigenvalue weighted by atomic mass is 79.9. The van der Waals surface area contributed by atoms with E-state index in [4.69, 9.17) is 0 Å². The molecule has 1 aromatic heterocycles. The second kappa shape index (κ2) is 3.96. The first-order chi connectivity index (χ1) is 6.35. The van der Waals surface area contributed by atoms with Crippen LogP contribution in [-0.4, -0.2) is 31.8 Å². The van der Waals surface area contributed by atoms with E-state index in [9.17, 15) is 8.42 Å². The van der Waals surface area contributed by atoms with Crippen LogP contribution in [0.4, 0.5) is 0 Å². The molecule has 14 heavy (non-hydrogen) atoms. The Morgan fingerprint density at radius 1 is 1.43 bits per heavy atom. The standard InChI is InChI=1S/C8H11BrN2O2S/c1-6-8(4-7(9)5-10-6)14(12,13)11(2)3/h4-5H,1-3H3. The molecule has 0 bridgehead atoms. The van der Waals surface area contributed by atoms with E-state index in [-0.39, 0.29) is 4.90 Å². The molecular formula is C8H11BrN2O2S. The quantitative estimate of drug-likeness (QED) is 0.822. The lowest BCUT2D eigenvalue weighted by Crippen LogP contribution is -2.23. The first kappa shape index (κ1) is 11.6. The molecule has 6 heteroatoms. The maximum atomic E-state index is 11.8. The van der Waals surface area contributed by atoms with Gasteiger partial charge < -0.3 is 0 Å². The van der Waals surface area contributed by atoms with Crippen LogP contribution in [0.2, 0.25) is 0 Å². The van der Waals surface area contributed by atoms with Gasteiger partial charge in [-0.2, -0.15) is 0 Å². The average Bonchev–Trinajstić information content (AvgIpc) is 2.08. The fourth-order valence-electron chi connectivity index (χ4n) is 0.947. The number of pyridine rings is 1. The van der Waals surface area contributed by atoms with E-state index >= 15 is 0 Å². The van der Waals surface area contributed by atoms with E-state index < -0.39 is 10.0 Å². The second-order valence-electron chi connectivity index (χ2n) is 3.02. The highest BCUT2D eigenvalue weighted by Crippen LogP contribution is 2.20. The first-order valence-corrected chi connectivity index (χ1v) is 6.13. The molecule has 1 heterocycles. The van der Waals surface area contributed by atoms with Crippen molar-refractivity contribution in [2.75, 3.05) is 14.1 Å². The van der Waals surface area contributed by atoms with Crippen LogP contribution in [0.15, 0.2) is 21.6 Å². The molecule has 0 N–H and O–H groups in total. The molecule has 0 saturated carbocycles. The van der Waals surface area contributed by atoms with Crippen molar-refractivity contribution in [3.05, 3.63) is 22.4 Å². The van der Waals surface area contributed by atoms with Crippen molar-refractivity contribution in [1.82, 2.24) is 9.29 Å². The Labute approximate surface area is 92.1 Å². The Kier molecular flexibility index (Phi) is 3.28. The van der Waals surface area contributed by atoms with Crippen molar-refractivity contribution in [2.45, 2.75) is 11.8 Å². The zero-order chi connectivity index (χ0) is 10.9. The van der Waals surface area contributed by atoms with E-state index in [1.807, 2.05) is 0 Å². The summed E-state index contributed by atoms with van der Waals surface area (Å²) in [6.45, 7) is 1.67. The third kappa shape index (κ3) is 2.13. The van der Waals surface area contributed by atoms with E-state index in [0.717, 1.165) is 0 Å². The maximum absolute atomic E-state index is 11.8. The van der Waals surface area contributed by atoms with Gasteiger partial charge in [0.25, 0.3) is 0 Å². The minimum Gasteiger partial charge on any atom is -0.259 e. The zero-order valence-electron chi connectivity index (χ0n) is 8.15. The van der Waals surface area contributed by atoms with Gasteiger partial charge in [-0.15, -0.1) is 0 Å². The third-order valence-corrected chi connectivity index (χ3v) is 4.13. The maximum Gasteiger partial charge on any atom is 0.244 e. The molecule has 0 radical (unpaired) electrons. The SMILES string of the molecule is Cc1ncc(Br)cc1S(=O)(=O)N(C)C. The number of hydrogen-bond acceptors (Lipinski definition) is 3. The van der Waals surface area contributed by atoms with Crippen LogP contribution in [0.5, 0.6) is 0 Å². The van der Waals surface area contributed by atoms with E-state index in [1.54, 1.807) is 19.2 Å². The summed E-state index contributed by atoms with van der Waals surface area (Å²) in [6.07, 6.45) is 1.57. The lowest BCUT2D eigenvalue weighted by Gasteiger charge is -2.12. The van der Waals surface area contributed by atoms with Gasteiger partial charge in [0.15, 0.2) is 0 Å². The molecule has 0 aromatic carbocycles. The minimum absolute atomic E-state index is 0.233. The second-order valence-corrected chi connectivity index (χ2v) is 6.06. The first-order valence-electron chi connectivity index (χ1n) is 3.90. The lowest BCUT2D eigenvalue weighted by molar-refractivity contribution is 0.519. The molecule has 78 valence electrons. The number of hydrogen-bond donors (Lipinski definition) is 0. The van der Waals surface area contributed by atoms with Crippen LogP contribution >= 0.6 is 15.9 Å². The molecule has 0 aliphatic carbocycles. The Morgan fingerprint density at radius 2 is 2.00 bits per heavy atom. The van der Waals surface area contributed by atoms with Crippen LogP contribution in [0.3, 0.4) is 0 Å². The fraction of sp³-hybridized carbons (Fsp3) is 0.375. The highest BCUT2D eigenvalue weighted by Gasteiger charge is 2.20. The number of rotatable bonds is 2. The van der Waals surface area contributed by atoms with E-state index in [1.165, 1.54) is 18.4 Å². The van der Waals surface area contributed by atoms with Gasteiger partial charge in [0.2, 0.25) is 10.0 Å². The van der Waals surface area contributed by atoms with E-state index in [0.29, 0.717) is 10.2 Å². The van der Waals surface area contributed by atoms with Crippen molar-refractivity contribution in [1.29, 1.82) is 0 Å². The van der Waals surface area contributed by atoms with Crippen LogP contribution in [0, 0.1) is 6.92 Å². The minimum atomic E-state index is -3.39. The smallest absolute Gasteiger partial charge is 0.244 e. The summed E-state index contributed by atoms with van der Waals surface area (Å²) in [7, 11) is -0.398. The molecule has 0 spiro atoms. The molecule has 0 aliphatic rings. The van der Waals surface area contributed by atoms with Crippen LogP contribution in [0.1, 0.15) is 5.69 Å². The van der Waals surface area contributed by atoms with Gasteiger partial charge in [0, 0.05) is 24.8 Å². The van der Waals surface area contributed by atoms with E-state index in [2.05, 4.69) is 20.9 Å². The molecule has 0 fully saturated rings. The Hall–Kier alpha value is -0.460. The van der Waals surface area contributed by atoms with Gasteiger partial charge in [0.1, 0.15) is 4.90 Å². The van der Waals surface area contributed by atoms with Gasteiger partial charge in [-0.25, -0.2) is 12.7 Å². The number of sulfonamides is 1. The van der Waals surface area contributed by atoms with Gasteiger partial charge in [0.05, 0.1) is 5.69 Å². The molecule has 0 atom stereocenters. The van der Waals surface area contributed by atoms with Crippen molar-refractivity contribution < 1.29 is 8.42 Å². The Morgan fingerprint density at radius 3 is 2.50 bits per heavy atom. The molecule has 0 saturated heterocycles. The summed E-state index contributed by atoms with van der Waals surface area (Å²) in [5.74, 6) is 0. The largest absolute Gasteiger partial charge is 0.259 e. The van der Waals surface area contributed by atoms with Crippen LogP contribution < -0.4 is 0 Å². The Balaban J connectivity index is 3.40. The van der Waals surface area contributed by atoms with Gasteiger partial charge in [-0.3, -0.25) is 4.98 Å². The Bertz CT molecular complexity index is 443. The molecule has 0 unspecified atom stereocenters. The predicted octanol–water partition coefficient (Wildman–Crippen LogP) is 1.40. The van der Waals surface area contributed by atoms with Crippen molar-refractivity contribution in [3.63, 3.8) is 0 Å². The third-order valence-electron chi connectivity index (χ3n) is 1.77. The summed E-state index contributed by atoms with van der Waals surface area (Å²) in [5, 5.41) is 0. The summed E-state index contributed by atoms with van der Waals surface area (Å²) >= 11 is 3.19. The molecule has 0 amide bonds. The number of aryl methyl sites for hydroxylation is 1. The van der Waals surface area contributed by atoms with Crippen LogP contribution in [-0.2, 0) is 10.0 Å². The summed E-state index contributed by atoms with van der Waals surface area (Å²) < 4.78 is 25.4. The van der Waals surface area contributed by atoms with Crippen molar-refractivity contribution in [3.8, 4) is 0 Å². The van der Waals surface area contributed by atoms with Crippen LogP contribution in [0.25, 0.3) is 0 Å². The predicted molar refractivity (Wildman–Crippen MR) is 57.5 cm³/mol. The monoisotopic (exact) mass is 278 g/mol. The number of halogens is 1. The van der Waals surface area contributed by atoms with Crippen molar-refractivity contribution in [2.24, 2.45) is 0 Å². The highest BCUT2D eigenvalue weighted by molar-refractivity contribution is 9.10. The van der Waals surface area contributed by atoms with Gasteiger partial charge >= 0.3 is 0 Å². The molecular weight excluding hydrogens is 268 g/mol. The molecule has 0 aliphatic heterocycles. The topological polar surface area (TPSA) is 50.3 Å².